The van der Waals surface area contributed by atoms with Crippen LogP contribution < -0.4 is 0 Å². The van der Waals surface area contributed by atoms with Gasteiger partial charge in [-0.3, -0.25) is 0 Å². The molecule has 1 unspecified atom stereocenters. The van der Waals surface area contributed by atoms with Gasteiger partial charge in [0.05, 0.1) is 0 Å². The molecule has 0 heteroatoms. The monoisotopic (exact) mass is 280 g/mol. The molecule has 0 N–H and O–H groups in total. The van der Waals surface area contributed by atoms with Gasteiger partial charge in [-0.25, -0.2) is 0 Å². The van der Waals surface area contributed by atoms with Gasteiger partial charge in [0.15, 0.2) is 0 Å². The summed E-state index contributed by atoms with van der Waals surface area (Å²) in [5, 5.41) is 0. The lowest BCUT2D eigenvalue weighted by Crippen LogP contribution is -2.01. The third kappa shape index (κ3) is 12.8. The van der Waals surface area contributed by atoms with Crippen molar-refractivity contribution in [2.75, 3.05) is 0 Å². The fourth-order valence-electron chi connectivity index (χ4n) is 3.02. The summed E-state index contributed by atoms with van der Waals surface area (Å²) in [7, 11) is 0. The van der Waals surface area contributed by atoms with Gasteiger partial charge in [0.25, 0.3) is 0 Å². The van der Waals surface area contributed by atoms with Crippen LogP contribution in [-0.4, -0.2) is 0 Å². The lowest BCUT2D eigenvalue weighted by molar-refractivity contribution is 0.400. The number of hydrogen-bond acceptors (Lipinski definition) is 0. The summed E-state index contributed by atoms with van der Waals surface area (Å²) < 4.78 is 0. The van der Waals surface area contributed by atoms with Crippen molar-refractivity contribution in [3.63, 3.8) is 0 Å². The molecular weight excluding hydrogens is 240 g/mol. The summed E-state index contributed by atoms with van der Waals surface area (Å²) in [5.41, 5.74) is 1.51. The first-order valence-electron chi connectivity index (χ1n) is 9.41. The van der Waals surface area contributed by atoms with Crippen molar-refractivity contribution in [2.24, 2.45) is 5.92 Å². The van der Waals surface area contributed by atoms with E-state index in [1.54, 1.807) is 0 Å². The largest absolute Gasteiger partial charge is 0.0999 e. The Bertz CT molecular complexity index is 204. The molecule has 0 aromatic heterocycles. The predicted molar refractivity (Wildman–Crippen MR) is 94.3 cm³/mol. The molecule has 0 fully saturated rings. The molecule has 0 radical (unpaired) electrons. The minimum atomic E-state index is 0.959. The molecule has 0 spiro atoms. The molecular formula is C20H40. The second-order valence-corrected chi connectivity index (χ2v) is 6.60. The van der Waals surface area contributed by atoms with E-state index in [9.17, 15) is 0 Å². The molecule has 0 heterocycles. The molecule has 0 aliphatic heterocycles. The summed E-state index contributed by atoms with van der Waals surface area (Å²) in [6, 6.07) is 0. The van der Waals surface area contributed by atoms with Gasteiger partial charge in [0.2, 0.25) is 0 Å². The first-order chi connectivity index (χ1) is 9.74. The molecule has 0 nitrogen and oxygen atoms in total. The van der Waals surface area contributed by atoms with E-state index in [4.69, 9.17) is 0 Å². The third-order valence-electron chi connectivity index (χ3n) is 4.45. The molecule has 1 atom stereocenters. The molecule has 0 amide bonds. The Labute approximate surface area is 129 Å². The minimum absolute atomic E-state index is 0.959. The molecule has 0 aromatic carbocycles. The lowest BCUT2D eigenvalue weighted by atomic mass is 9.90. The Morgan fingerprint density at radius 2 is 1.30 bits per heavy atom. The highest BCUT2D eigenvalue weighted by Crippen LogP contribution is 2.24. The van der Waals surface area contributed by atoms with Crippen LogP contribution in [-0.2, 0) is 0 Å². The van der Waals surface area contributed by atoms with Gasteiger partial charge in [0.1, 0.15) is 0 Å². The fraction of sp³-hybridized carbons (Fsp3) is 0.900. The standard InChI is InChI=1S/C20H40/c1-5-8-10-11-12-13-15-19(4)17-18-20(14-7-3)16-9-6-2/h20H,4-18H2,1-3H3. The first kappa shape index (κ1) is 19.7. The normalized spacial score (nSPS) is 12.6. The highest BCUT2D eigenvalue weighted by molar-refractivity contribution is 4.94. The lowest BCUT2D eigenvalue weighted by Gasteiger charge is -2.16. The quantitative estimate of drug-likeness (QED) is 0.213. The Morgan fingerprint density at radius 3 is 1.95 bits per heavy atom. The highest BCUT2D eigenvalue weighted by atomic mass is 14.1. The maximum Gasteiger partial charge on any atom is -0.0320 e. The van der Waals surface area contributed by atoms with Crippen LogP contribution in [0.25, 0.3) is 0 Å². The van der Waals surface area contributed by atoms with E-state index < -0.39 is 0 Å². The predicted octanol–water partition coefficient (Wildman–Crippen LogP) is 7.68. The third-order valence-corrected chi connectivity index (χ3v) is 4.45. The van der Waals surface area contributed by atoms with Gasteiger partial charge in [0, 0.05) is 0 Å². The zero-order valence-electron chi connectivity index (χ0n) is 14.7. The molecule has 0 rings (SSSR count). The number of unbranched alkanes of at least 4 members (excludes halogenated alkanes) is 6. The zero-order chi connectivity index (χ0) is 15.1. The van der Waals surface area contributed by atoms with Crippen LogP contribution in [0.2, 0.25) is 0 Å². The summed E-state index contributed by atoms with van der Waals surface area (Å²) in [5.74, 6) is 0.959. The van der Waals surface area contributed by atoms with Crippen molar-refractivity contribution in [2.45, 2.75) is 111 Å². The van der Waals surface area contributed by atoms with Gasteiger partial charge < -0.3 is 0 Å². The Morgan fingerprint density at radius 1 is 0.650 bits per heavy atom. The molecule has 0 aromatic rings. The zero-order valence-corrected chi connectivity index (χ0v) is 14.7. The second-order valence-electron chi connectivity index (χ2n) is 6.60. The average Bonchev–Trinajstić information content (AvgIpc) is 2.45. The smallest absolute Gasteiger partial charge is 0.0320 e. The van der Waals surface area contributed by atoms with E-state index in [-0.39, 0.29) is 0 Å². The fourth-order valence-corrected chi connectivity index (χ4v) is 3.02. The maximum atomic E-state index is 4.30. The van der Waals surface area contributed by atoms with Gasteiger partial charge >= 0.3 is 0 Å². The van der Waals surface area contributed by atoms with Gasteiger partial charge in [-0.2, -0.15) is 0 Å². The van der Waals surface area contributed by atoms with Crippen LogP contribution in [0, 0.1) is 5.92 Å². The second kappa shape index (κ2) is 15.1. The van der Waals surface area contributed by atoms with Crippen molar-refractivity contribution in [3.05, 3.63) is 12.2 Å². The molecule has 0 aliphatic rings. The number of hydrogen-bond donors (Lipinski definition) is 0. The molecule has 0 saturated carbocycles. The van der Waals surface area contributed by atoms with Crippen molar-refractivity contribution in [3.8, 4) is 0 Å². The van der Waals surface area contributed by atoms with Crippen LogP contribution in [0.4, 0.5) is 0 Å². The first-order valence-corrected chi connectivity index (χ1v) is 9.41. The molecule has 0 bridgehead atoms. The number of rotatable bonds is 15. The Kier molecular flexibility index (Phi) is 14.9. The molecule has 0 aliphatic carbocycles. The topological polar surface area (TPSA) is 0 Å². The van der Waals surface area contributed by atoms with E-state index in [0.717, 1.165) is 5.92 Å². The summed E-state index contributed by atoms with van der Waals surface area (Å²) >= 11 is 0. The van der Waals surface area contributed by atoms with E-state index in [1.165, 1.54) is 95.5 Å². The van der Waals surface area contributed by atoms with Crippen molar-refractivity contribution in [1.29, 1.82) is 0 Å². The Balaban J connectivity index is 3.57. The van der Waals surface area contributed by atoms with Crippen LogP contribution in [0.1, 0.15) is 111 Å². The van der Waals surface area contributed by atoms with Crippen LogP contribution in [0.15, 0.2) is 12.2 Å². The minimum Gasteiger partial charge on any atom is -0.0999 e. The van der Waals surface area contributed by atoms with Crippen molar-refractivity contribution in [1.82, 2.24) is 0 Å². The average molecular weight is 281 g/mol. The maximum absolute atomic E-state index is 4.30. The van der Waals surface area contributed by atoms with Gasteiger partial charge in [-0.05, 0) is 31.6 Å². The van der Waals surface area contributed by atoms with E-state index in [1.807, 2.05) is 0 Å². The van der Waals surface area contributed by atoms with E-state index >= 15 is 0 Å². The van der Waals surface area contributed by atoms with Crippen molar-refractivity contribution < 1.29 is 0 Å². The number of allylic oxidation sites excluding steroid dienone is 1. The SMILES string of the molecule is C=C(CCCCCCCC)CCC(CCC)CCCC. The molecule has 20 heavy (non-hydrogen) atoms. The van der Waals surface area contributed by atoms with Crippen LogP contribution >= 0.6 is 0 Å². The molecule has 120 valence electrons. The summed E-state index contributed by atoms with van der Waals surface area (Å²) in [6.45, 7) is 11.2. The highest BCUT2D eigenvalue weighted by Gasteiger charge is 2.08. The van der Waals surface area contributed by atoms with Crippen molar-refractivity contribution >= 4 is 0 Å². The van der Waals surface area contributed by atoms with E-state index in [2.05, 4.69) is 27.4 Å². The summed E-state index contributed by atoms with van der Waals surface area (Å²) in [4.78, 5) is 0. The Hall–Kier alpha value is -0.260. The van der Waals surface area contributed by atoms with Crippen LogP contribution in [0.3, 0.4) is 0 Å². The summed E-state index contributed by atoms with van der Waals surface area (Å²) in [6.07, 6.45) is 19.3. The molecule has 0 saturated heterocycles. The van der Waals surface area contributed by atoms with Gasteiger partial charge in [-0.15, -0.1) is 0 Å². The van der Waals surface area contributed by atoms with Gasteiger partial charge in [-0.1, -0.05) is 97.1 Å². The van der Waals surface area contributed by atoms with E-state index in [0.29, 0.717) is 0 Å². The van der Waals surface area contributed by atoms with Crippen LogP contribution in [0.5, 0.6) is 0 Å².